The van der Waals surface area contributed by atoms with Crippen LogP contribution in [0.1, 0.15) is 24.3 Å². The highest BCUT2D eigenvalue weighted by Gasteiger charge is 2.13. The van der Waals surface area contributed by atoms with Gasteiger partial charge in [-0.1, -0.05) is 0 Å². The SMILES string of the molecule is CCN(CC)c1cc(C(=O)Nc2ccc(F)cc2F)ncn1. The Morgan fingerprint density at radius 3 is 2.55 bits per heavy atom. The number of aromatic nitrogens is 2. The fraction of sp³-hybridized carbons (Fsp3) is 0.267. The van der Waals surface area contributed by atoms with E-state index in [2.05, 4.69) is 15.3 Å². The Kier molecular flexibility index (Phi) is 4.98. The van der Waals surface area contributed by atoms with Crippen molar-refractivity contribution in [2.75, 3.05) is 23.3 Å². The summed E-state index contributed by atoms with van der Waals surface area (Å²) in [6.45, 7) is 5.42. The summed E-state index contributed by atoms with van der Waals surface area (Å²) in [5, 5.41) is 2.37. The van der Waals surface area contributed by atoms with E-state index in [4.69, 9.17) is 0 Å². The minimum atomic E-state index is -0.841. The molecule has 0 bridgehead atoms. The number of hydrogen-bond donors (Lipinski definition) is 1. The highest BCUT2D eigenvalue weighted by Crippen LogP contribution is 2.17. The molecule has 1 aromatic heterocycles. The number of amides is 1. The summed E-state index contributed by atoms with van der Waals surface area (Å²) in [7, 11) is 0. The van der Waals surface area contributed by atoms with Crippen LogP contribution in [0.4, 0.5) is 20.3 Å². The summed E-state index contributed by atoms with van der Waals surface area (Å²) >= 11 is 0. The Hall–Kier alpha value is -2.57. The van der Waals surface area contributed by atoms with Crippen LogP contribution in [0.2, 0.25) is 0 Å². The average molecular weight is 306 g/mol. The molecule has 22 heavy (non-hydrogen) atoms. The number of carbonyl (C=O) groups excluding carboxylic acids is 1. The van der Waals surface area contributed by atoms with Crippen molar-refractivity contribution in [2.45, 2.75) is 13.8 Å². The minimum absolute atomic E-state index is 0.102. The van der Waals surface area contributed by atoms with E-state index in [1.54, 1.807) is 0 Å². The van der Waals surface area contributed by atoms with Crippen LogP contribution in [0.5, 0.6) is 0 Å². The molecule has 0 aliphatic rings. The molecule has 0 atom stereocenters. The van der Waals surface area contributed by atoms with Crippen molar-refractivity contribution >= 4 is 17.4 Å². The summed E-state index contributed by atoms with van der Waals surface area (Å²) in [5.41, 5.74) is 0.00928. The van der Waals surface area contributed by atoms with E-state index in [0.29, 0.717) is 11.9 Å². The van der Waals surface area contributed by atoms with E-state index < -0.39 is 17.5 Å². The molecule has 2 rings (SSSR count). The van der Waals surface area contributed by atoms with Gasteiger partial charge in [0.05, 0.1) is 5.69 Å². The molecule has 0 unspecified atom stereocenters. The molecule has 7 heteroatoms. The summed E-state index contributed by atoms with van der Waals surface area (Å²) in [6, 6.07) is 4.47. The third-order valence-corrected chi connectivity index (χ3v) is 3.15. The molecule has 0 radical (unpaired) electrons. The third kappa shape index (κ3) is 3.55. The number of rotatable bonds is 5. The van der Waals surface area contributed by atoms with Gasteiger partial charge in [-0.2, -0.15) is 0 Å². The van der Waals surface area contributed by atoms with E-state index >= 15 is 0 Å². The fourth-order valence-corrected chi connectivity index (χ4v) is 1.97. The van der Waals surface area contributed by atoms with Gasteiger partial charge in [0.1, 0.15) is 29.5 Å². The van der Waals surface area contributed by atoms with Gasteiger partial charge in [-0.3, -0.25) is 4.79 Å². The molecule has 0 aliphatic heterocycles. The first-order chi connectivity index (χ1) is 10.5. The maximum Gasteiger partial charge on any atom is 0.274 e. The van der Waals surface area contributed by atoms with Crippen LogP contribution >= 0.6 is 0 Å². The second kappa shape index (κ2) is 6.93. The van der Waals surface area contributed by atoms with Gasteiger partial charge >= 0.3 is 0 Å². The van der Waals surface area contributed by atoms with E-state index in [9.17, 15) is 13.6 Å². The van der Waals surface area contributed by atoms with Crippen LogP contribution in [-0.4, -0.2) is 29.0 Å². The highest BCUT2D eigenvalue weighted by molar-refractivity contribution is 6.03. The van der Waals surface area contributed by atoms with Gasteiger partial charge in [-0.25, -0.2) is 18.7 Å². The number of nitrogens with one attached hydrogen (secondary N) is 1. The molecular weight excluding hydrogens is 290 g/mol. The Morgan fingerprint density at radius 1 is 1.18 bits per heavy atom. The topological polar surface area (TPSA) is 58.1 Å². The summed E-state index contributed by atoms with van der Waals surface area (Å²) in [4.78, 5) is 22.1. The van der Waals surface area contributed by atoms with Gasteiger partial charge in [-0.15, -0.1) is 0 Å². The van der Waals surface area contributed by atoms with Gasteiger partial charge < -0.3 is 10.2 Å². The van der Waals surface area contributed by atoms with Crippen LogP contribution in [0.3, 0.4) is 0 Å². The molecule has 2 aromatic rings. The molecule has 116 valence electrons. The largest absolute Gasteiger partial charge is 0.357 e. The molecule has 1 aromatic carbocycles. The molecule has 0 saturated heterocycles. The predicted molar refractivity (Wildman–Crippen MR) is 79.9 cm³/mol. The predicted octanol–water partition coefficient (Wildman–Crippen LogP) is 2.85. The smallest absolute Gasteiger partial charge is 0.274 e. The quantitative estimate of drug-likeness (QED) is 0.923. The standard InChI is InChI=1S/C15H16F2N4O/c1-3-21(4-2)14-8-13(18-9-19-14)15(22)20-12-6-5-10(16)7-11(12)17/h5-9H,3-4H2,1-2H3,(H,20,22). The van der Waals surface area contributed by atoms with Gasteiger partial charge in [0, 0.05) is 25.2 Å². The van der Waals surface area contributed by atoms with Crippen molar-refractivity contribution in [2.24, 2.45) is 0 Å². The zero-order chi connectivity index (χ0) is 16.1. The number of halogens is 2. The monoisotopic (exact) mass is 306 g/mol. The number of nitrogens with zero attached hydrogens (tertiary/aromatic N) is 3. The summed E-state index contributed by atoms with van der Waals surface area (Å²) in [5.74, 6) is -1.52. The average Bonchev–Trinajstić information content (AvgIpc) is 2.51. The van der Waals surface area contributed by atoms with Crippen LogP contribution in [0.25, 0.3) is 0 Å². The zero-order valence-electron chi connectivity index (χ0n) is 12.3. The lowest BCUT2D eigenvalue weighted by atomic mass is 10.2. The Morgan fingerprint density at radius 2 is 1.91 bits per heavy atom. The lowest BCUT2D eigenvalue weighted by Crippen LogP contribution is -2.24. The van der Waals surface area contributed by atoms with Crippen molar-refractivity contribution < 1.29 is 13.6 Å². The molecule has 1 N–H and O–H groups in total. The highest BCUT2D eigenvalue weighted by atomic mass is 19.1. The molecule has 5 nitrogen and oxygen atoms in total. The zero-order valence-corrected chi connectivity index (χ0v) is 12.3. The second-order valence-corrected chi connectivity index (χ2v) is 4.51. The van der Waals surface area contributed by atoms with E-state index in [1.165, 1.54) is 12.4 Å². The minimum Gasteiger partial charge on any atom is -0.357 e. The number of carbonyl (C=O) groups is 1. The maximum atomic E-state index is 13.5. The maximum absolute atomic E-state index is 13.5. The number of hydrogen-bond acceptors (Lipinski definition) is 4. The normalized spacial score (nSPS) is 10.4. The van der Waals surface area contributed by atoms with Crippen LogP contribution in [-0.2, 0) is 0 Å². The molecule has 1 amide bonds. The van der Waals surface area contributed by atoms with Crippen LogP contribution < -0.4 is 10.2 Å². The van der Waals surface area contributed by atoms with Gasteiger partial charge in [0.25, 0.3) is 5.91 Å². The van der Waals surface area contributed by atoms with Gasteiger partial charge in [-0.05, 0) is 26.0 Å². The number of anilines is 2. The fourth-order valence-electron chi connectivity index (χ4n) is 1.97. The lowest BCUT2D eigenvalue weighted by Gasteiger charge is -2.19. The summed E-state index contributed by atoms with van der Waals surface area (Å²) in [6.07, 6.45) is 1.28. The third-order valence-electron chi connectivity index (χ3n) is 3.15. The Balaban J connectivity index is 2.21. The molecular formula is C15H16F2N4O. The molecule has 0 spiro atoms. The summed E-state index contributed by atoms with van der Waals surface area (Å²) < 4.78 is 26.4. The second-order valence-electron chi connectivity index (χ2n) is 4.51. The number of benzene rings is 1. The van der Waals surface area contributed by atoms with Gasteiger partial charge in [0.2, 0.25) is 0 Å². The van der Waals surface area contributed by atoms with Crippen molar-refractivity contribution in [3.8, 4) is 0 Å². The Bertz CT molecular complexity index is 674. The van der Waals surface area contributed by atoms with Gasteiger partial charge in [0.15, 0.2) is 0 Å². The van der Waals surface area contributed by atoms with E-state index in [-0.39, 0.29) is 11.4 Å². The molecule has 0 saturated carbocycles. The van der Waals surface area contributed by atoms with E-state index in [1.807, 2.05) is 18.7 Å². The first-order valence-corrected chi connectivity index (χ1v) is 6.88. The van der Waals surface area contributed by atoms with Crippen molar-refractivity contribution in [1.29, 1.82) is 0 Å². The van der Waals surface area contributed by atoms with Crippen molar-refractivity contribution in [3.63, 3.8) is 0 Å². The molecule has 0 aliphatic carbocycles. The van der Waals surface area contributed by atoms with E-state index in [0.717, 1.165) is 25.2 Å². The first-order valence-electron chi connectivity index (χ1n) is 6.88. The lowest BCUT2D eigenvalue weighted by molar-refractivity contribution is 0.102. The van der Waals surface area contributed by atoms with Crippen LogP contribution in [0.15, 0.2) is 30.6 Å². The molecule has 1 heterocycles. The first kappa shape index (κ1) is 15.8. The van der Waals surface area contributed by atoms with Crippen LogP contribution in [0, 0.1) is 11.6 Å². The Labute approximate surface area is 127 Å². The van der Waals surface area contributed by atoms with Crippen molar-refractivity contribution in [3.05, 3.63) is 47.9 Å². The molecule has 0 fully saturated rings. The van der Waals surface area contributed by atoms with Crippen molar-refractivity contribution in [1.82, 2.24) is 9.97 Å².